The Kier molecular flexibility index (Phi) is 8.08. The second-order valence-electron chi connectivity index (χ2n) is 13.0. The molecule has 2 aromatic carbocycles. The number of carbonyl (C=O) groups excluding carboxylic acids is 5. The highest BCUT2D eigenvalue weighted by molar-refractivity contribution is 6.25. The molecule has 244 valence electrons. The van der Waals surface area contributed by atoms with Crippen LogP contribution in [-0.2, 0) is 36.9 Å². The molecule has 2 aromatic rings. The molecule has 1 saturated heterocycles. The van der Waals surface area contributed by atoms with E-state index >= 15 is 0 Å². The van der Waals surface area contributed by atoms with Crippen molar-refractivity contribution in [2.45, 2.75) is 56.1 Å². The van der Waals surface area contributed by atoms with Crippen molar-refractivity contribution < 1.29 is 48.4 Å². The average Bonchev–Trinajstić information content (AvgIpc) is 3.54. The van der Waals surface area contributed by atoms with Gasteiger partial charge in [0.2, 0.25) is 11.8 Å². The van der Waals surface area contributed by atoms with Gasteiger partial charge in [0.1, 0.15) is 23.6 Å². The molecule has 0 spiro atoms. The van der Waals surface area contributed by atoms with E-state index in [0.29, 0.717) is 29.7 Å². The van der Waals surface area contributed by atoms with Crippen LogP contribution in [0.25, 0.3) is 11.1 Å². The van der Waals surface area contributed by atoms with Crippen LogP contribution in [0.3, 0.4) is 0 Å². The smallest absolute Gasteiger partial charge is 0.249 e. The number of nitrogens with one attached hydrogen (secondary N) is 1. The van der Waals surface area contributed by atoms with Gasteiger partial charge in [-0.3, -0.25) is 24.0 Å². The fourth-order valence-electron chi connectivity index (χ4n) is 8.05. The quantitative estimate of drug-likeness (QED) is 0.274. The van der Waals surface area contributed by atoms with Gasteiger partial charge in [-0.1, -0.05) is 12.1 Å². The van der Waals surface area contributed by atoms with Gasteiger partial charge in [0.15, 0.2) is 23.0 Å². The van der Waals surface area contributed by atoms with Crippen LogP contribution in [0, 0.1) is 29.5 Å². The fourth-order valence-corrected chi connectivity index (χ4v) is 8.05. The first kappa shape index (κ1) is 31.9. The molecule has 2 saturated carbocycles. The van der Waals surface area contributed by atoms with E-state index in [1.54, 1.807) is 20.2 Å². The summed E-state index contributed by atoms with van der Waals surface area (Å²) >= 11 is 0. The van der Waals surface area contributed by atoms with E-state index in [9.17, 15) is 43.7 Å². The van der Waals surface area contributed by atoms with Crippen LogP contribution in [0.4, 0.5) is 4.39 Å². The van der Waals surface area contributed by atoms with Crippen molar-refractivity contribution in [3.63, 3.8) is 0 Å². The van der Waals surface area contributed by atoms with Gasteiger partial charge in [0, 0.05) is 30.7 Å². The molecule has 2 amide bonds. The molecule has 6 rings (SSSR count). The Morgan fingerprint density at radius 2 is 1.85 bits per heavy atom. The maximum atomic E-state index is 14.3. The van der Waals surface area contributed by atoms with Crippen LogP contribution >= 0.6 is 0 Å². The van der Waals surface area contributed by atoms with Gasteiger partial charge in [0.05, 0.1) is 17.6 Å². The zero-order valence-corrected chi connectivity index (χ0v) is 25.4. The molecule has 3 aliphatic carbocycles. The third-order valence-electron chi connectivity index (χ3n) is 10.2. The third-order valence-corrected chi connectivity index (χ3v) is 10.2. The van der Waals surface area contributed by atoms with Crippen molar-refractivity contribution in [1.82, 2.24) is 10.2 Å². The number of aliphatic hydroxyl groups is 2. The van der Waals surface area contributed by atoms with E-state index in [-0.39, 0.29) is 30.5 Å². The van der Waals surface area contributed by atoms with Crippen LogP contribution in [0.2, 0.25) is 0 Å². The summed E-state index contributed by atoms with van der Waals surface area (Å²) in [4.78, 5) is 68.6. The number of ketones is 3. The average molecular weight is 638 g/mol. The molecule has 12 nitrogen and oxygen atoms in total. The van der Waals surface area contributed by atoms with Crippen molar-refractivity contribution in [1.29, 1.82) is 0 Å². The molecular formula is C33H36FN3O9. The molecule has 0 radical (unpaired) electrons. The monoisotopic (exact) mass is 637 g/mol. The molecule has 1 aliphatic heterocycles. The van der Waals surface area contributed by atoms with Crippen LogP contribution < -0.4 is 11.1 Å². The molecule has 4 unspecified atom stereocenters. The maximum absolute atomic E-state index is 14.3. The Morgan fingerprint density at radius 3 is 2.46 bits per heavy atom. The predicted molar refractivity (Wildman–Crippen MR) is 159 cm³/mol. The Balaban J connectivity index is 1.45. The Hall–Kier alpha value is -4.04. The summed E-state index contributed by atoms with van der Waals surface area (Å²) in [6, 6.07) is 6.11. The minimum Gasteiger partial charge on any atom is -0.507 e. The second kappa shape index (κ2) is 11.6. The van der Waals surface area contributed by atoms with Gasteiger partial charge >= 0.3 is 0 Å². The SMILES string of the molecule is CN(C)[C@H]1C(O)C(C(N)=O)C(=O)[C@]2(O)C(=O)C3C(=O)c4c(O)c(CNC(=O)C5CCCO5)cc(-c5ccc(F)cc5)c4C[C@@H]3C[C@H]12. The number of amides is 2. The van der Waals surface area contributed by atoms with Crippen LogP contribution in [0.15, 0.2) is 30.3 Å². The highest BCUT2D eigenvalue weighted by atomic mass is 19.1. The maximum Gasteiger partial charge on any atom is 0.249 e. The number of aliphatic hydroxyl groups excluding tert-OH is 1. The largest absolute Gasteiger partial charge is 0.507 e. The minimum absolute atomic E-state index is 0.0436. The lowest BCUT2D eigenvalue weighted by molar-refractivity contribution is -0.190. The lowest BCUT2D eigenvalue weighted by atomic mass is 9.52. The minimum atomic E-state index is -2.79. The number of ether oxygens (including phenoxy) is 1. The zero-order chi connectivity index (χ0) is 33.2. The number of phenols is 1. The summed E-state index contributed by atoms with van der Waals surface area (Å²) in [5.74, 6) is -11.1. The molecule has 1 heterocycles. The highest BCUT2D eigenvalue weighted by Gasteiger charge is 2.69. The Morgan fingerprint density at radius 1 is 1.15 bits per heavy atom. The van der Waals surface area contributed by atoms with E-state index < -0.39 is 88.3 Å². The van der Waals surface area contributed by atoms with Crippen LogP contribution in [0.5, 0.6) is 5.75 Å². The second-order valence-corrected chi connectivity index (χ2v) is 13.0. The van der Waals surface area contributed by atoms with Gasteiger partial charge in [-0.25, -0.2) is 4.39 Å². The summed E-state index contributed by atoms with van der Waals surface area (Å²) in [6.45, 7) is 0.265. The van der Waals surface area contributed by atoms with E-state index in [1.807, 2.05) is 0 Å². The van der Waals surface area contributed by atoms with Crippen LogP contribution in [0.1, 0.15) is 40.7 Å². The zero-order valence-electron chi connectivity index (χ0n) is 25.4. The normalized spacial score (nSPS) is 32.1. The lowest BCUT2D eigenvalue weighted by Crippen LogP contribution is -2.75. The van der Waals surface area contributed by atoms with Crippen molar-refractivity contribution >= 4 is 29.2 Å². The molecule has 0 bridgehead atoms. The van der Waals surface area contributed by atoms with Crippen molar-refractivity contribution in [2.75, 3.05) is 20.7 Å². The number of primary amides is 1. The van der Waals surface area contributed by atoms with Gasteiger partial charge in [-0.15, -0.1) is 0 Å². The standard InChI is InChI=1S/C33H36FN3O9/c1-37(2)25-20-12-15-10-19-18(14-5-7-17(34)8-6-14)11-16(13-36-32(44)21-4-3-9-46-21)26(38)23(19)27(39)22(15)29(41)33(20,45)30(42)24(28(25)40)31(35)43/h5-8,11,15,20-22,24-25,28,38,40,45H,3-4,9-10,12-13H2,1-2H3,(H2,35,43)(H,36,44)/t15-,20-,21?,22?,24?,25-,28?,33-/m1/s1. The molecule has 4 aliphatic rings. The van der Waals surface area contributed by atoms with Crippen molar-refractivity contribution in [3.8, 4) is 16.9 Å². The highest BCUT2D eigenvalue weighted by Crippen LogP contribution is 2.53. The number of nitrogens with two attached hydrogens (primary N) is 1. The molecule has 3 fully saturated rings. The fraction of sp³-hybridized carbons (Fsp3) is 0.485. The topological polar surface area (TPSA) is 197 Å². The molecule has 13 heteroatoms. The number of halogens is 1. The number of Topliss-reactive ketones (excluding diaryl/α,β-unsaturated/α-hetero) is 3. The number of likely N-dealkylation sites (N-methyl/N-ethyl adjacent to an activating group) is 1. The van der Waals surface area contributed by atoms with Gasteiger partial charge in [-0.2, -0.15) is 0 Å². The van der Waals surface area contributed by atoms with Gasteiger partial charge in [0.25, 0.3) is 0 Å². The van der Waals surface area contributed by atoms with E-state index in [2.05, 4.69) is 5.32 Å². The number of rotatable bonds is 6. The number of carbonyl (C=O) groups is 5. The first-order chi connectivity index (χ1) is 21.8. The van der Waals surface area contributed by atoms with E-state index in [0.717, 1.165) is 6.42 Å². The number of aromatic hydroxyl groups is 1. The van der Waals surface area contributed by atoms with E-state index in [1.165, 1.54) is 29.2 Å². The van der Waals surface area contributed by atoms with Crippen molar-refractivity contribution in [2.24, 2.45) is 29.4 Å². The number of hydrogen-bond acceptors (Lipinski definition) is 10. The van der Waals surface area contributed by atoms with Crippen molar-refractivity contribution in [3.05, 3.63) is 52.8 Å². The summed E-state index contributed by atoms with van der Waals surface area (Å²) in [5, 5.41) is 37.1. The molecular weight excluding hydrogens is 601 g/mol. The molecule has 46 heavy (non-hydrogen) atoms. The first-order valence-electron chi connectivity index (χ1n) is 15.3. The number of phenolic OH excluding ortho intramolecular Hbond substituents is 1. The Labute approximate surface area is 263 Å². The first-order valence-corrected chi connectivity index (χ1v) is 15.3. The number of benzene rings is 2. The number of nitrogens with zero attached hydrogens (tertiary/aromatic N) is 1. The van der Waals surface area contributed by atoms with Gasteiger partial charge < -0.3 is 36.0 Å². The number of hydrogen-bond donors (Lipinski definition) is 5. The lowest BCUT2D eigenvalue weighted by Gasteiger charge is -2.55. The van der Waals surface area contributed by atoms with Gasteiger partial charge in [-0.05, 0) is 80.6 Å². The third kappa shape index (κ3) is 4.84. The molecule has 8 atom stereocenters. The van der Waals surface area contributed by atoms with Crippen LogP contribution in [-0.4, -0.2) is 93.9 Å². The molecule has 0 aromatic heterocycles. The predicted octanol–water partition coefficient (Wildman–Crippen LogP) is 0.260. The van der Waals surface area contributed by atoms with E-state index in [4.69, 9.17) is 10.5 Å². The molecule has 6 N–H and O–H groups in total. The summed E-state index contributed by atoms with van der Waals surface area (Å²) < 4.78 is 19.3. The Bertz CT molecular complexity index is 1640. The summed E-state index contributed by atoms with van der Waals surface area (Å²) in [5.41, 5.74) is 4.01. The number of fused-ring (bicyclic) bond motifs is 3. The summed E-state index contributed by atoms with van der Waals surface area (Å²) in [6.07, 6.45) is -0.959. The summed E-state index contributed by atoms with van der Waals surface area (Å²) in [7, 11) is 3.15.